The summed E-state index contributed by atoms with van der Waals surface area (Å²) in [5.41, 5.74) is 3.59. The van der Waals surface area contributed by atoms with E-state index < -0.39 is 0 Å². The van der Waals surface area contributed by atoms with Gasteiger partial charge < -0.3 is 14.2 Å². The minimum absolute atomic E-state index is 0.0286. The molecule has 3 heterocycles. The second-order valence-corrected chi connectivity index (χ2v) is 6.33. The number of benzene rings is 1. The van der Waals surface area contributed by atoms with Crippen LogP contribution in [0.5, 0.6) is 0 Å². The monoisotopic (exact) mass is 320 g/mol. The van der Waals surface area contributed by atoms with Crippen molar-refractivity contribution in [2.45, 2.75) is 19.4 Å². The number of carbonyl (C=O) groups is 1. The fraction of sp³-hybridized carbons (Fsp3) is 0.263. The summed E-state index contributed by atoms with van der Waals surface area (Å²) in [6, 6.07) is 12.0. The topological polar surface area (TPSA) is 40.8 Å². The van der Waals surface area contributed by atoms with Crippen molar-refractivity contribution in [2.75, 3.05) is 23.4 Å². The van der Waals surface area contributed by atoms with Crippen LogP contribution in [-0.4, -0.2) is 34.9 Å². The first kappa shape index (κ1) is 14.8. The van der Waals surface area contributed by atoms with Crippen LogP contribution in [-0.2, 0) is 0 Å². The van der Waals surface area contributed by atoms with Gasteiger partial charge in [0.2, 0.25) is 0 Å². The first-order valence-electron chi connectivity index (χ1n) is 8.21. The molecule has 5 nitrogen and oxygen atoms in total. The highest BCUT2D eigenvalue weighted by Gasteiger charge is 2.29. The lowest BCUT2D eigenvalue weighted by Gasteiger charge is -2.28. The highest BCUT2D eigenvalue weighted by atomic mass is 16.2. The quantitative estimate of drug-likeness (QED) is 0.691. The molecule has 0 N–H and O–H groups in total. The Bertz CT molecular complexity index is 901. The molecule has 4 rings (SSSR count). The molecule has 1 aromatic carbocycles. The van der Waals surface area contributed by atoms with Crippen molar-refractivity contribution in [3.63, 3.8) is 0 Å². The van der Waals surface area contributed by atoms with Crippen molar-refractivity contribution < 1.29 is 4.79 Å². The first-order valence-corrected chi connectivity index (χ1v) is 8.21. The third-order valence-corrected chi connectivity index (χ3v) is 4.73. The van der Waals surface area contributed by atoms with E-state index in [1.54, 1.807) is 6.20 Å². The number of nitrogens with zero attached hydrogens (tertiary/aromatic N) is 4. The second kappa shape index (κ2) is 5.67. The van der Waals surface area contributed by atoms with Gasteiger partial charge in [0.25, 0.3) is 5.91 Å². The van der Waals surface area contributed by atoms with Crippen LogP contribution in [0.3, 0.4) is 0 Å². The molecule has 0 saturated heterocycles. The molecule has 1 aliphatic rings. The maximum atomic E-state index is 13.3. The Hall–Kier alpha value is -2.82. The number of anilines is 2. The third-order valence-electron chi connectivity index (χ3n) is 4.73. The zero-order valence-corrected chi connectivity index (χ0v) is 13.9. The summed E-state index contributed by atoms with van der Waals surface area (Å²) < 4.78 is 1.88. The average Bonchev–Trinajstić information content (AvgIpc) is 3.03. The number of fused-ring (bicyclic) bond motifs is 2. The zero-order chi connectivity index (χ0) is 16.7. The SMILES string of the molecule is C[C@H]1CCN(C)c2ccccc2N1C(=O)c1ccc2nccn2c1. The molecule has 0 unspecified atom stereocenters. The normalized spacial score (nSPS) is 17.7. The highest BCUT2D eigenvalue weighted by molar-refractivity contribution is 6.08. The van der Waals surface area contributed by atoms with Gasteiger partial charge in [-0.2, -0.15) is 0 Å². The van der Waals surface area contributed by atoms with Gasteiger partial charge in [0, 0.05) is 38.2 Å². The Morgan fingerprint density at radius 2 is 1.96 bits per heavy atom. The van der Waals surface area contributed by atoms with Crippen molar-refractivity contribution >= 4 is 22.9 Å². The average molecular weight is 320 g/mol. The summed E-state index contributed by atoms with van der Waals surface area (Å²) in [6.07, 6.45) is 6.39. The van der Waals surface area contributed by atoms with Gasteiger partial charge in [-0.15, -0.1) is 0 Å². The third kappa shape index (κ3) is 2.33. The zero-order valence-electron chi connectivity index (χ0n) is 13.9. The lowest BCUT2D eigenvalue weighted by Crippen LogP contribution is -2.38. The van der Waals surface area contributed by atoms with Gasteiger partial charge >= 0.3 is 0 Å². The molecular weight excluding hydrogens is 300 g/mol. The Balaban J connectivity index is 1.80. The van der Waals surface area contributed by atoms with Crippen LogP contribution in [0, 0.1) is 0 Å². The van der Waals surface area contributed by atoms with E-state index in [2.05, 4.69) is 29.9 Å². The molecule has 24 heavy (non-hydrogen) atoms. The van der Waals surface area contributed by atoms with Crippen LogP contribution in [0.25, 0.3) is 5.65 Å². The van der Waals surface area contributed by atoms with E-state index in [1.807, 2.05) is 52.0 Å². The van der Waals surface area contributed by atoms with E-state index in [1.165, 1.54) is 0 Å². The fourth-order valence-corrected chi connectivity index (χ4v) is 3.35. The van der Waals surface area contributed by atoms with Crippen molar-refractivity contribution in [3.8, 4) is 0 Å². The Labute approximate surface area is 141 Å². The maximum absolute atomic E-state index is 13.3. The molecule has 122 valence electrons. The van der Waals surface area contributed by atoms with Crippen molar-refractivity contribution in [3.05, 3.63) is 60.6 Å². The number of pyridine rings is 1. The number of carbonyl (C=O) groups excluding carboxylic acids is 1. The van der Waals surface area contributed by atoms with Crippen molar-refractivity contribution in [1.29, 1.82) is 0 Å². The lowest BCUT2D eigenvalue weighted by molar-refractivity contribution is 0.0978. The van der Waals surface area contributed by atoms with Crippen LogP contribution in [0.4, 0.5) is 11.4 Å². The Morgan fingerprint density at radius 1 is 1.17 bits per heavy atom. The molecule has 1 atom stereocenters. The summed E-state index contributed by atoms with van der Waals surface area (Å²) in [7, 11) is 2.08. The molecule has 0 spiro atoms. The second-order valence-electron chi connectivity index (χ2n) is 6.33. The van der Waals surface area contributed by atoms with Crippen LogP contribution in [0.2, 0.25) is 0 Å². The summed E-state index contributed by atoms with van der Waals surface area (Å²) in [4.78, 5) is 21.7. The molecule has 3 aromatic rings. The molecule has 1 aliphatic heterocycles. The van der Waals surface area contributed by atoms with E-state index in [0.29, 0.717) is 5.56 Å². The van der Waals surface area contributed by atoms with Gasteiger partial charge in [-0.05, 0) is 37.6 Å². The maximum Gasteiger partial charge on any atom is 0.260 e. The number of amides is 1. The van der Waals surface area contributed by atoms with Gasteiger partial charge in [0.1, 0.15) is 5.65 Å². The highest BCUT2D eigenvalue weighted by Crippen LogP contribution is 2.34. The summed E-state index contributed by atoms with van der Waals surface area (Å²) in [5.74, 6) is 0.0286. The van der Waals surface area contributed by atoms with Crippen LogP contribution >= 0.6 is 0 Å². The predicted molar refractivity (Wildman–Crippen MR) is 95.8 cm³/mol. The Morgan fingerprint density at radius 3 is 2.79 bits per heavy atom. The van der Waals surface area contributed by atoms with Crippen LogP contribution < -0.4 is 9.80 Å². The summed E-state index contributed by atoms with van der Waals surface area (Å²) in [6.45, 7) is 3.05. The van der Waals surface area contributed by atoms with E-state index in [0.717, 1.165) is 30.0 Å². The molecule has 2 aromatic heterocycles. The number of para-hydroxylation sites is 2. The molecule has 0 saturated carbocycles. The number of aromatic nitrogens is 2. The van der Waals surface area contributed by atoms with E-state index in [-0.39, 0.29) is 11.9 Å². The molecule has 0 fully saturated rings. The van der Waals surface area contributed by atoms with Gasteiger partial charge in [-0.25, -0.2) is 4.98 Å². The molecular formula is C19H20N4O. The summed E-state index contributed by atoms with van der Waals surface area (Å²) >= 11 is 0. The van der Waals surface area contributed by atoms with E-state index in [4.69, 9.17) is 0 Å². The largest absolute Gasteiger partial charge is 0.373 e. The van der Waals surface area contributed by atoms with E-state index >= 15 is 0 Å². The lowest BCUT2D eigenvalue weighted by atomic mass is 10.1. The number of rotatable bonds is 1. The first-order chi connectivity index (χ1) is 11.6. The van der Waals surface area contributed by atoms with Gasteiger partial charge in [0.15, 0.2) is 0 Å². The van der Waals surface area contributed by atoms with Crippen LogP contribution in [0.1, 0.15) is 23.7 Å². The molecule has 1 amide bonds. The molecule has 0 aliphatic carbocycles. The molecule has 0 radical (unpaired) electrons. The van der Waals surface area contributed by atoms with Crippen molar-refractivity contribution in [1.82, 2.24) is 9.38 Å². The van der Waals surface area contributed by atoms with Crippen molar-refractivity contribution in [2.24, 2.45) is 0 Å². The summed E-state index contributed by atoms with van der Waals surface area (Å²) in [5, 5.41) is 0. The van der Waals surface area contributed by atoms with Crippen LogP contribution in [0.15, 0.2) is 55.0 Å². The van der Waals surface area contributed by atoms with Gasteiger partial charge in [-0.1, -0.05) is 12.1 Å². The number of hydrogen-bond acceptors (Lipinski definition) is 3. The molecule has 5 heteroatoms. The standard InChI is InChI=1S/C19H20N4O/c1-14-9-11-21(2)16-5-3-4-6-17(16)23(14)19(24)15-7-8-18-20-10-12-22(18)13-15/h3-8,10,12-14H,9,11H2,1-2H3/t14-/m0/s1. The number of imidazole rings is 1. The smallest absolute Gasteiger partial charge is 0.260 e. The minimum atomic E-state index is 0.0286. The van der Waals surface area contributed by atoms with E-state index in [9.17, 15) is 4.79 Å². The minimum Gasteiger partial charge on any atom is -0.373 e. The predicted octanol–water partition coefficient (Wildman–Crippen LogP) is 3.21. The van der Waals surface area contributed by atoms with Gasteiger partial charge in [0.05, 0.1) is 16.9 Å². The number of hydrogen-bond donors (Lipinski definition) is 0. The fourth-order valence-electron chi connectivity index (χ4n) is 3.35. The molecule has 0 bridgehead atoms. The Kier molecular flexibility index (Phi) is 3.49. The van der Waals surface area contributed by atoms with Gasteiger partial charge in [-0.3, -0.25) is 4.79 Å².